The van der Waals surface area contributed by atoms with Crippen LogP contribution in [0.2, 0.25) is 0 Å². The summed E-state index contributed by atoms with van der Waals surface area (Å²) >= 11 is 3.50. The van der Waals surface area contributed by atoms with Gasteiger partial charge in [-0.15, -0.1) is 0 Å². The fourth-order valence-electron chi connectivity index (χ4n) is 2.15. The standard InChI is InChI=1S/C16H11BrO/c17-15-8-4-7-14-13(15)10-9-12(16(14)18)11-5-2-1-3-6-11/h1-10,18H. The second-order valence-electron chi connectivity index (χ2n) is 4.16. The van der Waals surface area contributed by atoms with E-state index in [4.69, 9.17) is 0 Å². The molecule has 0 aliphatic carbocycles. The predicted molar refractivity (Wildman–Crippen MR) is 78.7 cm³/mol. The molecule has 0 saturated carbocycles. The lowest BCUT2D eigenvalue weighted by Gasteiger charge is -2.09. The normalized spacial score (nSPS) is 10.7. The first kappa shape index (κ1) is 11.3. The molecular formula is C16H11BrO. The van der Waals surface area contributed by atoms with Gasteiger partial charge in [0.15, 0.2) is 0 Å². The number of phenols is 1. The van der Waals surface area contributed by atoms with E-state index in [0.717, 1.165) is 26.4 Å². The maximum atomic E-state index is 10.4. The van der Waals surface area contributed by atoms with Gasteiger partial charge in [-0.05, 0) is 23.1 Å². The zero-order valence-corrected chi connectivity index (χ0v) is 11.2. The molecule has 18 heavy (non-hydrogen) atoms. The molecular weight excluding hydrogens is 288 g/mol. The molecule has 0 atom stereocenters. The Morgan fingerprint density at radius 2 is 1.50 bits per heavy atom. The molecule has 0 radical (unpaired) electrons. The molecule has 1 N–H and O–H groups in total. The number of halogens is 1. The third-order valence-corrected chi connectivity index (χ3v) is 3.76. The van der Waals surface area contributed by atoms with Crippen molar-refractivity contribution in [2.24, 2.45) is 0 Å². The van der Waals surface area contributed by atoms with E-state index < -0.39 is 0 Å². The number of fused-ring (bicyclic) bond motifs is 1. The quantitative estimate of drug-likeness (QED) is 0.672. The van der Waals surface area contributed by atoms with Gasteiger partial charge in [-0.2, -0.15) is 0 Å². The number of benzene rings is 3. The molecule has 3 rings (SSSR count). The number of hydrogen-bond donors (Lipinski definition) is 1. The molecule has 0 fully saturated rings. The van der Waals surface area contributed by atoms with Gasteiger partial charge >= 0.3 is 0 Å². The largest absolute Gasteiger partial charge is 0.507 e. The highest BCUT2D eigenvalue weighted by Gasteiger charge is 2.09. The van der Waals surface area contributed by atoms with E-state index in [2.05, 4.69) is 15.9 Å². The van der Waals surface area contributed by atoms with Crippen molar-refractivity contribution in [3.8, 4) is 16.9 Å². The fourth-order valence-corrected chi connectivity index (χ4v) is 2.65. The molecule has 0 heterocycles. The van der Waals surface area contributed by atoms with Gasteiger partial charge in [0.25, 0.3) is 0 Å². The first-order valence-electron chi connectivity index (χ1n) is 5.73. The van der Waals surface area contributed by atoms with Crippen molar-refractivity contribution in [3.63, 3.8) is 0 Å². The molecule has 1 nitrogen and oxygen atoms in total. The van der Waals surface area contributed by atoms with E-state index in [1.807, 2.05) is 60.7 Å². The van der Waals surface area contributed by atoms with Crippen molar-refractivity contribution in [2.45, 2.75) is 0 Å². The monoisotopic (exact) mass is 298 g/mol. The Balaban J connectivity index is 2.31. The minimum Gasteiger partial charge on any atom is -0.507 e. The van der Waals surface area contributed by atoms with Crippen LogP contribution in [0.3, 0.4) is 0 Å². The van der Waals surface area contributed by atoms with Crippen molar-refractivity contribution < 1.29 is 5.11 Å². The van der Waals surface area contributed by atoms with Gasteiger partial charge in [0.05, 0.1) is 0 Å². The zero-order chi connectivity index (χ0) is 12.5. The van der Waals surface area contributed by atoms with Crippen LogP contribution in [0.15, 0.2) is 65.1 Å². The molecule has 3 aromatic carbocycles. The Bertz CT molecular complexity index is 705. The minimum atomic E-state index is 0.333. The van der Waals surface area contributed by atoms with Gasteiger partial charge in [-0.25, -0.2) is 0 Å². The Morgan fingerprint density at radius 3 is 2.28 bits per heavy atom. The summed E-state index contributed by atoms with van der Waals surface area (Å²) in [5, 5.41) is 12.3. The predicted octanol–water partition coefficient (Wildman–Crippen LogP) is 4.97. The summed E-state index contributed by atoms with van der Waals surface area (Å²) in [6.45, 7) is 0. The van der Waals surface area contributed by atoms with E-state index in [1.54, 1.807) is 0 Å². The third-order valence-electron chi connectivity index (χ3n) is 3.06. The molecule has 0 bridgehead atoms. The van der Waals surface area contributed by atoms with E-state index in [-0.39, 0.29) is 0 Å². The summed E-state index contributed by atoms with van der Waals surface area (Å²) in [7, 11) is 0. The summed E-state index contributed by atoms with van der Waals surface area (Å²) in [6.07, 6.45) is 0. The molecule has 0 saturated heterocycles. The molecule has 0 aromatic heterocycles. The summed E-state index contributed by atoms with van der Waals surface area (Å²) in [4.78, 5) is 0. The number of rotatable bonds is 1. The van der Waals surface area contributed by atoms with Crippen LogP contribution < -0.4 is 0 Å². The lowest BCUT2D eigenvalue weighted by molar-refractivity contribution is 0.483. The van der Waals surface area contributed by atoms with E-state index >= 15 is 0 Å². The molecule has 0 spiro atoms. The smallest absolute Gasteiger partial charge is 0.131 e. The fraction of sp³-hybridized carbons (Fsp3) is 0. The van der Waals surface area contributed by atoms with Gasteiger partial charge in [0, 0.05) is 15.4 Å². The Kier molecular flexibility index (Phi) is 2.80. The average molecular weight is 299 g/mol. The molecule has 0 aliphatic rings. The second-order valence-corrected chi connectivity index (χ2v) is 5.02. The van der Waals surface area contributed by atoms with E-state index in [9.17, 15) is 5.11 Å². The highest BCUT2D eigenvalue weighted by Crippen LogP contribution is 2.37. The van der Waals surface area contributed by atoms with Crippen LogP contribution in [0.5, 0.6) is 5.75 Å². The third kappa shape index (κ3) is 1.79. The summed E-state index contributed by atoms with van der Waals surface area (Å²) < 4.78 is 0.995. The maximum Gasteiger partial charge on any atom is 0.131 e. The van der Waals surface area contributed by atoms with Gasteiger partial charge in [-0.1, -0.05) is 64.5 Å². The van der Waals surface area contributed by atoms with Crippen LogP contribution in [0, 0.1) is 0 Å². The minimum absolute atomic E-state index is 0.333. The van der Waals surface area contributed by atoms with Crippen molar-refractivity contribution in [3.05, 3.63) is 65.1 Å². The van der Waals surface area contributed by atoms with Crippen LogP contribution in [-0.2, 0) is 0 Å². The van der Waals surface area contributed by atoms with Crippen LogP contribution >= 0.6 is 15.9 Å². The van der Waals surface area contributed by atoms with E-state index in [0.29, 0.717) is 5.75 Å². The van der Waals surface area contributed by atoms with Crippen molar-refractivity contribution in [1.82, 2.24) is 0 Å². The summed E-state index contributed by atoms with van der Waals surface area (Å²) in [6, 6.07) is 19.7. The molecule has 0 unspecified atom stereocenters. The number of hydrogen-bond acceptors (Lipinski definition) is 1. The summed E-state index contributed by atoms with van der Waals surface area (Å²) in [5.41, 5.74) is 1.89. The van der Waals surface area contributed by atoms with Gasteiger partial charge in [0.2, 0.25) is 0 Å². The van der Waals surface area contributed by atoms with Gasteiger partial charge in [-0.3, -0.25) is 0 Å². The first-order chi connectivity index (χ1) is 8.77. The summed E-state index contributed by atoms with van der Waals surface area (Å²) in [5.74, 6) is 0.333. The topological polar surface area (TPSA) is 20.2 Å². The Labute approximate surface area is 114 Å². The SMILES string of the molecule is Oc1c(-c2ccccc2)ccc2c(Br)cccc12. The zero-order valence-electron chi connectivity index (χ0n) is 9.60. The van der Waals surface area contributed by atoms with Gasteiger partial charge < -0.3 is 5.11 Å². The Hall–Kier alpha value is -1.80. The molecule has 88 valence electrons. The molecule has 0 aliphatic heterocycles. The molecule has 3 aromatic rings. The highest BCUT2D eigenvalue weighted by atomic mass is 79.9. The average Bonchev–Trinajstić information content (AvgIpc) is 2.41. The Morgan fingerprint density at radius 1 is 0.722 bits per heavy atom. The van der Waals surface area contributed by atoms with Crippen LogP contribution in [0.4, 0.5) is 0 Å². The van der Waals surface area contributed by atoms with Crippen LogP contribution in [-0.4, -0.2) is 5.11 Å². The van der Waals surface area contributed by atoms with E-state index in [1.165, 1.54) is 0 Å². The lowest BCUT2D eigenvalue weighted by Crippen LogP contribution is -1.82. The number of aromatic hydroxyl groups is 1. The highest BCUT2D eigenvalue weighted by molar-refractivity contribution is 9.10. The van der Waals surface area contributed by atoms with Crippen LogP contribution in [0.1, 0.15) is 0 Å². The molecule has 2 heteroatoms. The van der Waals surface area contributed by atoms with Crippen molar-refractivity contribution in [1.29, 1.82) is 0 Å². The van der Waals surface area contributed by atoms with Crippen molar-refractivity contribution in [2.75, 3.05) is 0 Å². The van der Waals surface area contributed by atoms with Crippen LogP contribution in [0.25, 0.3) is 21.9 Å². The van der Waals surface area contributed by atoms with Crippen molar-refractivity contribution >= 4 is 26.7 Å². The lowest BCUT2D eigenvalue weighted by atomic mass is 10.00. The van der Waals surface area contributed by atoms with Gasteiger partial charge in [0.1, 0.15) is 5.75 Å². The second kappa shape index (κ2) is 4.46. The maximum absolute atomic E-state index is 10.4. The first-order valence-corrected chi connectivity index (χ1v) is 6.52. The molecule has 0 amide bonds. The number of phenolic OH excluding ortho intramolecular Hbond substituents is 1.